The average Bonchev–Trinajstić information content (AvgIpc) is 2.68. The molecule has 2 unspecified atom stereocenters. The zero-order chi connectivity index (χ0) is 22.1. The van der Waals surface area contributed by atoms with Gasteiger partial charge in [-0.3, -0.25) is 0 Å². The van der Waals surface area contributed by atoms with Gasteiger partial charge in [0.05, 0.1) is 18.7 Å². The minimum absolute atomic E-state index is 0.114. The highest BCUT2D eigenvalue weighted by molar-refractivity contribution is 5.73. The molecular weight excluding hydrogens is 402 g/mol. The molecule has 1 aliphatic heterocycles. The number of benzene rings is 1. The van der Waals surface area contributed by atoms with Crippen LogP contribution in [-0.4, -0.2) is 29.6 Å². The van der Waals surface area contributed by atoms with E-state index in [-0.39, 0.29) is 18.0 Å². The third kappa shape index (κ3) is 4.55. The first kappa shape index (κ1) is 21.6. The predicted molar refractivity (Wildman–Crippen MR) is 103 cm³/mol. The summed E-state index contributed by atoms with van der Waals surface area (Å²) < 4.78 is 57.9. The van der Waals surface area contributed by atoms with Crippen molar-refractivity contribution in [1.82, 2.24) is 9.88 Å². The molecule has 3 rings (SSSR count). The van der Waals surface area contributed by atoms with Crippen molar-refractivity contribution in [3.05, 3.63) is 64.6 Å². The highest BCUT2D eigenvalue weighted by Crippen LogP contribution is 2.40. The van der Waals surface area contributed by atoms with Crippen molar-refractivity contribution in [2.45, 2.75) is 25.6 Å². The Bertz CT molecular complexity index is 958. The van der Waals surface area contributed by atoms with E-state index in [4.69, 9.17) is 10.5 Å². The van der Waals surface area contributed by atoms with Gasteiger partial charge in [0, 0.05) is 24.7 Å². The Labute approximate surface area is 171 Å². The molecule has 0 spiro atoms. The number of hydrogen-bond donors (Lipinski definition) is 1. The van der Waals surface area contributed by atoms with Crippen LogP contribution < -0.4 is 10.5 Å². The number of likely N-dealkylation sites (tertiary alicyclic amines) is 1. The molecule has 0 radical (unpaired) electrons. The van der Waals surface area contributed by atoms with Crippen molar-refractivity contribution in [3.63, 3.8) is 0 Å². The lowest BCUT2D eigenvalue weighted by atomic mass is 9.82. The number of nitrogens with zero attached hydrogens (tertiary/aromatic N) is 2. The fraction of sp³-hybridized carbons (Fsp3) is 0.333. The molecule has 2 N–H and O–H groups in total. The molecule has 1 saturated heterocycles. The lowest BCUT2D eigenvalue weighted by Crippen LogP contribution is -2.45. The number of ether oxygens (including phenoxy) is 1. The fourth-order valence-electron chi connectivity index (χ4n) is 3.77. The van der Waals surface area contributed by atoms with Crippen molar-refractivity contribution in [2.24, 2.45) is 11.7 Å². The molecule has 160 valence electrons. The predicted octanol–water partition coefficient (Wildman–Crippen LogP) is 4.79. The maximum Gasteiger partial charge on any atom is 0.416 e. The van der Waals surface area contributed by atoms with Gasteiger partial charge in [0.1, 0.15) is 5.82 Å². The average molecular weight is 423 g/mol. The summed E-state index contributed by atoms with van der Waals surface area (Å²) in [5.74, 6) is -0.836. The lowest BCUT2D eigenvalue weighted by Gasteiger charge is -2.41. The van der Waals surface area contributed by atoms with Crippen LogP contribution in [0.15, 0.2) is 42.1 Å². The summed E-state index contributed by atoms with van der Waals surface area (Å²) in [4.78, 5) is 17.6. The molecule has 1 aromatic heterocycles. The standard InChI is InChI=1S/C21H21F4N3O2/c1-12-14(7-13-8-16(21(23,24)25)10-17(22)9-13)5-6-28(20(26)29)19(12)15-3-4-18(30-2)27-11-15/h3-4,7-12,19H,5-6H2,1-2H3,(H2,26,29). The summed E-state index contributed by atoms with van der Waals surface area (Å²) in [6.45, 7) is 2.13. The van der Waals surface area contributed by atoms with Gasteiger partial charge in [0.2, 0.25) is 5.88 Å². The number of methoxy groups -OCH3 is 1. The van der Waals surface area contributed by atoms with Crippen molar-refractivity contribution < 1.29 is 27.1 Å². The SMILES string of the molecule is COc1ccc(C2C(C)C(=Cc3cc(F)cc(C(F)(F)F)c3)CCN2C(N)=O)cn1. The van der Waals surface area contributed by atoms with Gasteiger partial charge in [0.25, 0.3) is 0 Å². The number of carbonyl (C=O) groups excluding carboxylic acids is 1. The summed E-state index contributed by atoms with van der Waals surface area (Å²) in [5.41, 5.74) is 6.11. The number of amides is 2. The van der Waals surface area contributed by atoms with E-state index in [0.29, 0.717) is 23.9 Å². The first-order chi connectivity index (χ1) is 14.1. The van der Waals surface area contributed by atoms with Crippen molar-refractivity contribution in [2.75, 3.05) is 13.7 Å². The molecule has 9 heteroatoms. The number of rotatable bonds is 3. The quantitative estimate of drug-likeness (QED) is 0.722. The minimum Gasteiger partial charge on any atom is -0.481 e. The second kappa shape index (κ2) is 8.33. The zero-order valence-corrected chi connectivity index (χ0v) is 16.4. The van der Waals surface area contributed by atoms with Crippen LogP contribution in [0.2, 0.25) is 0 Å². The largest absolute Gasteiger partial charge is 0.481 e. The van der Waals surface area contributed by atoms with Crippen LogP contribution in [-0.2, 0) is 6.18 Å². The molecule has 1 aromatic carbocycles. The van der Waals surface area contributed by atoms with Crippen molar-refractivity contribution >= 4 is 12.1 Å². The maximum atomic E-state index is 13.8. The van der Waals surface area contributed by atoms with Gasteiger partial charge in [-0.25, -0.2) is 14.2 Å². The summed E-state index contributed by atoms with van der Waals surface area (Å²) in [6.07, 6.45) is -1.12. The Morgan fingerprint density at radius 3 is 2.60 bits per heavy atom. The van der Waals surface area contributed by atoms with Gasteiger partial charge in [0.15, 0.2) is 0 Å². The third-order valence-corrected chi connectivity index (χ3v) is 5.23. The van der Waals surface area contributed by atoms with Crippen LogP contribution in [0.4, 0.5) is 22.4 Å². The zero-order valence-electron chi connectivity index (χ0n) is 16.4. The van der Waals surface area contributed by atoms with E-state index in [0.717, 1.165) is 17.7 Å². The number of piperidine rings is 1. The van der Waals surface area contributed by atoms with Gasteiger partial charge in [-0.15, -0.1) is 0 Å². The fourth-order valence-corrected chi connectivity index (χ4v) is 3.77. The molecule has 2 heterocycles. The van der Waals surface area contributed by atoms with E-state index in [9.17, 15) is 22.4 Å². The summed E-state index contributed by atoms with van der Waals surface area (Å²) in [7, 11) is 1.48. The Balaban J connectivity index is 1.99. The van der Waals surface area contributed by atoms with Crippen LogP contribution >= 0.6 is 0 Å². The van der Waals surface area contributed by atoms with Gasteiger partial charge in [-0.05, 0) is 35.7 Å². The molecule has 2 atom stereocenters. The van der Waals surface area contributed by atoms with Crippen molar-refractivity contribution in [1.29, 1.82) is 0 Å². The molecular formula is C21H21F4N3O2. The maximum absolute atomic E-state index is 13.8. The number of pyridine rings is 1. The van der Waals surface area contributed by atoms with Crippen LogP contribution in [0, 0.1) is 11.7 Å². The van der Waals surface area contributed by atoms with Crippen LogP contribution in [0.1, 0.15) is 36.1 Å². The summed E-state index contributed by atoms with van der Waals surface area (Å²) in [6, 6.07) is 4.78. The molecule has 0 aliphatic carbocycles. The van der Waals surface area contributed by atoms with E-state index in [1.54, 1.807) is 24.4 Å². The number of urea groups is 1. The molecule has 0 saturated carbocycles. The monoisotopic (exact) mass is 423 g/mol. The number of hydrogen-bond acceptors (Lipinski definition) is 3. The van der Waals surface area contributed by atoms with Crippen molar-refractivity contribution in [3.8, 4) is 5.88 Å². The number of nitrogens with two attached hydrogens (primary N) is 1. The second-order valence-corrected chi connectivity index (χ2v) is 7.14. The highest BCUT2D eigenvalue weighted by Gasteiger charge is 2.35. The molecule has 1 fully saturated rings. The number of primary amides is 1. The molecule has 2 amide bonds. The van der Waals surface area contributed by atoms with E-state index < -0.39 is 29.6 Å². The Morgan fingerprint density at radius 1 is 1.30 bits per heavy atom. The Hall–Kier alpha value is -3.10. The summed E-state index contributed by atoms with van der Waals surface area (Å²) >= 11 is 0. The molecule has 2 aromatic rings. The van der Waals surface area contributed by atoms with Crippen LogP contribution in [0.3, 0.4) is 0 Å². The van der Waals surface area contributed by atoms with Crippen LogP contribution in [0.5, 0.6) is 5.88 Å². The van der Waals surface area contributed by atoms with Gasteiger partial charge in [-0.1, -0.05) is 24.6 Å². The Kier molecular flexibility index (Phi) is 6.00. The van der Waals surface area contributed by atoms with Crippen LogP contribution in [0.25, 0.3) is 6.08 Å². The van der Waals surface area contributed by atoms with E-state index in [1.807, 2.05) is 6.92 Å². The van der Waals surface area contributed by atoms with Gasteiger partial charge in [-0.2, -0.15) is 13.2 Å². The first-order valence-electron chi connectivity index (χ1n) is 9.24. The molecule has 5 nitrogen and oxygen atoms in total. The minimum atomic E-state index is -4.65. The van der Waals surface area contributed by atoms with Gasteiger partial charge >= 0.3 is 12.2 Å². The smallest absolute Gasteiger partial charge is 0.416 e. The number of aromatic nitrogens is 1. The number of alkyl halides is 3. The Morgan fingerprint density at radius 2 is 2.03 bits per heavy atom. The summed E-state index contributed by atoms with van der Waals surface area (Å²) in [5, 5.41) is 0. The first-order valence-corrected chi connectivity index (χ1v) is 9.24. The molecule has 30 heavy (non-hydrogen) atoms. The number of halogens is 4. The van der Waals surface area contributed by atoms with E-state index in [2.05, 4.69) is 4.98 Å². The van der Waals surface area contributed by atoms with E-state index >= 15 is 0 Å². The lowest BCUT2D eigenvalue weighted by molar-refractivity contribution is -0.137. The molecule has 1 aliphatic rings. The number of carbonyl (C=O) groups is 1. The van der Waals surface area contributed by atoms with Gasteiger partial charge < -0.3 is 15.4 Å². The molecule has 0 bridgehead atoms. The third-order valence-electron chi connectivity index (χ3n) is 5.23. The second-order valence-electron chi connectivity index (χ2n) is 7.14. The normalized spacial score (nSPS) is 21.0. The van der Waals surface area contributed by atoms with E-state index in [1.165, 1.54) is 12.0 Å². The highest BCUT2D eigenvalue weighted by atomic mass is 19.4. The topological polar surface area (TPSA) is 68.5 Å².